The van der Waals surface area contributed by atoms with Crippen molar-refractivity contribution in [2.75, 3.05) is 52.4 Å². The molecule has 2 aliphatic rings. The third-order valence-electron chi connectivity index (χ3n) is 5.54. The molecule has 5 heteroatoms. The van der Waals surface area contributed by atoms with Crippen molar-refractivity contribution >= 4 is 5.91 Å². The average Bonchev–Trinajstić information content (AvgIpc) is 3.13. The minimum absolute atomic E-state index is 0.154. The van der Waals surface area contributed by atoms with Gasteiger partial charge in [0.15, 0.2) is 0 Å². The fraction of sp³-hybridized carbons (Fsp3) is 0.650. The number of aryl methyl sites for hydroxylation is 1. The Kier molecular flexibility index (Phi) is 5.97. The van der Waals surface area contributed by atoms with E-state index in [1.165, 1.54) is 0 Å². The molecule has 0 saturated carbocycles. The van der Waals surface area contributed by atoms with Gasteiger partial charge in [-0.15, -0.1) is 0 Å². The molecule has 1 aromatic carbocycles. The van der Waals surface area contributed by atoms with Crippen LogP contribution in [0.5, 0.6) is 5.75 Å². The van der Waals surface area contributed by atoms with Gasteiger partial charge >= 0.3 is 0 Å². The van der Waals surface area contributed by atoms with Gasteiger partial charge < -0.3 is 14.5 Å². The first-order valence-electron chi connectivity index (χ1n) is 9.61. The Bertz CT molecular complexity index is 597. The van der Waals surface area contributed by atoms with Gasteiger partial charge in [-0.2, -0.15) is 0 Å². The second-order valence-electron chi connectivity index (χ2n) is 7.08. The molecule has 138 valence electrons. The molecule has 0 spiro atoms. The third-order valence-corrected chi connectivity index (χ3v) is 5.54. The summed E-state index contributed by atoms with van der Waals surface area (Å²) in [6.07, 6.45) is 1.09. The summed E-state index contributed by atoms with van der Waals surface area (Å²) in [4.78, 5) is 19.9. The van der Waals surface area contributed by atoms with Crippen LogP contribution in [-0.2, 0) is 0 Å². The molecule has 0 aliphatic carbocycles. The van der Waals surface area contributed by atoms with E-state index in [1.54, 1.807) is 0 Å². The van der Waals surface area contributed by atoms with E-state index in [1.807, 2.05) is 36.9 Å². The summed E-state index contributed by atoms with van der Waals surface area (Å²) in [5.41, 5.74) is 1.80. The highest BCUT2D eigenvalue weighted by atomic mass is 16.5. The summed E-state index contributed by atoms with van der Waals surface area (Å²) >= 11 is 0. The van der Waals surface area contributed by atoms with Crippen molar-refractivity contribution < 1.29 is 9.53 Å². The molecule has 3 rings (SSSR count). The molecular formula is C20H31N3O2. The standard InChI is InChI=1S/C20H31N3O2/c1-4-21-10-12-22(13-11-21)18-8-9-23(15-18)20(24)17-6-7-19(25-5-2)16(3)14-17/h6-7,14,18H,4-5,8-13,15H2,1-3H3. The molecule has 2 aliphatic heterocycles. The van der Waals surface area contributed by atoms with Crippen molar-refractivity contribution in [3.05, 3.63) is 29.3 Å². The van der Waals surface area contributed by atoms with Gasteiger partial charge in [0.25, 0.3) is 5.91 Å². The smallest absolute Gasteiger partial charge is 0.253 e. The number of benzene rings is 1. The number of ether oxygens (including phenoxy) is 1. The van der Waals surface area contributed by atoms with Crippen molar-refractivity contribution in [1.29, 1.82) is 0 Å². The third kappa shape index (κ3) is 4.15. The van der Waals surface area contributed by atoms with Crippen LogP contribution < -0.4 is 4.74 Å². The van der Waals surface area contributed by atoms with Crippen molar-refractivity contribution in [2.45, 2.75) is 33.2 Å². The zero-order chi connectivity index (χ0) is 17.8. The first-order chi connectivity index (χ1) is 12.1. The van der Waals surface area contributed by atoms with Crippen LogP contribution in [0.25, 0.3) is 0 Å². The van der Waals surface area contributed by atoms with Crippen LogP contribution in [0.3, 0.4) is 0 Å². The van der Waals surface area contributed by atoms with Gasteiger partial charge in [-0.3, -0.25) is 9.69 Å². The zero-order valence-corrected chi connectivity index (χ0v) is 15.8. The Morgan fingerprint density at radius 3 is 2.56 bits per heavy atom. The van der Waals surface area contributed by atoms with Gasteiger partial charge in [0, 0.05) is 50.9 Å². The minimum Gasteiger partial charge on any atom is -0.494 e. The fourth-order valence-corrected chi connectivity index (χ4v) is 3.95. The Labute approximate surface area is 151 Å². The van der Waals surface area contributed by atoms with Crippen LogP contribution in [0.15, 0.2) is 18.2 Å². The predicted molar refractivity (Wildman–Crippen MR) is 100 cm³/mol. The van der Waals surface area contributed by atoms with E-state index >= 15 is 0 Å². The lowest BCUT2D eigenvalue weighted by atomic mass is 10.1. The average molecular weight is 345 g/mol. The number of carbonyl (C=O) groups excluding carboxylic acids is 1. The van der Waals surface area contributed by atoms with E-state index in [0.717, 1.165) is 69.1 Å². The SMILES string of the molecule is CCOc1ccc(C(=O)N2CCC(N3CCN(CC)CC3)C2)cc1C. The molecule has 1 unspecified atom stereocenters. The lowest BCUT2D eigenvalue weighted by Crippen LogP contribution is -2.51. The van der Waals surface area contributed by atoms with Gasteiger partial charge in [0.1, 0.15) is 5.75 Å². The van der Waals surface area contributed by atoms with E-state index in [-0.39, 0.29) is 5.91 Å². The Morgan fingerprint density at radius 1 is 1.16 bits per heavy atom. The van der Waals surface area contributed by atoms with Gasteiger partial charge in [-0.1, -0.05) is 6.92 Å². The molecule has 2 fully saturated rings. The Hall–Kier alpha value is -1.59. The summed E-state index contributed by atoms with van der Waals surface area (Å²) in [5, 5.41) is 0. The topological polar surface area (TPSA) is 36.0 Å². The largest absolute Gasteiger partial charge is 0.494 e. The lowest BCUT2D eigenvalue weighted by Gasteiger charge is -2.37. The molecular weight excluding hydrogens is 314 g/mol. The molecule has 5 nitrogen and oxygen atoms in total. The molecule has 1 atom stereocenters. The number of likely N-dealkylation sites (N-methyl/N-ethyl adjacent to an activating group) is 1. The molecule has 1 aromatic rings. The van der Waals surface area contributed by atoms with Crippen molar-refractivity contribution in [3.8, 4) is 5.75 Å². The van der Waals surface area contributed by atoms with Crippen LogP contribution in [0, 0.1) is 6.92 Å². The van der Waals surface area contributed by atoms with Gasteiger partial charge in [0.2, 0.25) is 0 Å². The Morgan fingerprint density at radius 2 is 1.92 bits per heavy atom. The summed E-state index contributed by atoms with van der Waals surface area (Å²) in [6, 6.07) is 6.30. The first kappa shape index (κ1) is 18.2. The van der Waals surface area contributed by atoms with Gasteiger partial charge in [-0.25, -0.2) is 0 Å². The second kappa shape index (κ2) is 8.19. The van der Waals surface area contributed by atoms with E-state index < -0.39 is 0 Å². The number of nitrogens with zero attached hydrogens (tertiary/aromatic N) is 3. The first-order valence-corrected chi connectivity index (χ1v) is 9.61. The fourth-order valence-electron chi connectivity index (χ4n) is 3.95. The molecule has 25 heavy (non-hydrogen) atoms. The van der Waals surface area contributed by atoms with Crippen molar-refractivity contribution in [3.63, 3.8) is 0 Å². The second-order valence-corrected chi connectivity index (χ2v) is 7.08. The summed E-state index contributed by atoms with van der Waals surface area (Å²) in [5.74, 6) is 1.02. The number of likely N-dealkylation sites (tertiary alicyclic amines) is 1. The van der Waals surface area contributed by atoms with Crippen LogP contribution in [0.1, 0.15) is 36.2 Å². The van der Waals surface area contributed by atoms with Crippen LogP contribution >= 0.6 is 0 Å². The highest BCUT2D eigenvalue weighted by Crippen LogP contribution is 2.23. The number of hydrogen-bond acceptors (Lipinski definition) is 4. The van der Waals surface area contributed by atoms with Crippen molar-refractivity contribution in [2.24, 2.45) is 0 Å². The maximum atomic E-state index is 12.9. The quantitative estimate of drug-likeness (QED) is 0.820. The monoisotopic (exact) mass is 345 g/mol. The predicted octanol–water partition coefficient (Wildman–Crippen LogP) is 2.25. The molecule has 2 heterocycles. The van der Waals surface area contributed by atoms with E-state index in [4.69, 9.17) is 4.74 Å². The summed E-state index contributed by atoms with van der Waals surface area (Å²) in [7, 11) is 0. The maximum Gasteiger partial charge on any atom is 0.253 e. The number of piperazine rings is 1. The zero-order valence-electron chi connectivity index (χ0n) is 15.8. The normalized spacial score (nSPS) is 22.4. The highest BCUT2D eigenvalue weighted by molar-refractivity contribution is 5.94. The molecule has 0 radical (unpaired) electrons. The van der Waals surface area contributed by atoms with Crippen molar-refractivity contribution in [1.82, 2.24) is 14.7 Å². The molecule has 0 bridgehead atoms. The molecule has 1 amide bonds. The molecule has 2 saturated heterocycles. The Balaban J connectivity index is 1.58. The summed E-state index contributed by atoms with van der Waals surface area (Å²) in [6.45, 7) is 14.3. The number of hydrogen-bond donors (Lipinski definition) is 0. The number of carbonyl (C=O) groups is 1. The van der Waals surface area contributed by atoms with E-state index in [0.29, 0.717) is 12.6 Å². The molecule has 0 N–H and O–H groups in total. The lowest BCUT2D eigenvalue weighted by molar-refractivity contribution is 0.0745. The van der Waals surface area contributed by atoms with Crippen LogP contribution in [0.4, 0.5) is 0 Å². The van der Waals surface area contributed by atoms with E-state index in [2.05, 4.69) is 16.7 Å². The number of rotatable bonds is 5. The van der Waals surface area contributed by atoms with Crippen LogP contribution in [0.2, 0.25) is 0 Å². The van der Waals surface area contributed by atoms with Crippen LogP contribution in [-0.4, -0.2) is 79.1 Å². The van der Waals surface area contributed by atoms with Gasteiger partial charge in [0.05, 0.1) is 6.61 Å². The minimum atomic E-state index is 0.154. The molecule has 0 aromatic heterocycles. The highest BCUT2D eigenvalue weighted by Gasteiger charge is 2.32. The number of amides is 1. The van der Waals surface area contributed by atoms with E-state index in [9.17, 15) is 4.79 Å². The van der Waals surface area contributed by atoms with Gasteiger partial charge in [-0.05, 0) is 50.6 Å². The maximum absolute atomic E-state index is 12.9. The summed E-state index contributed by atoms with van der Waals surface area (Å²) < 4.78 is 5.58.